The number of hydrogen-bond donors (Lipinski definition) is 1. The summed E-state index contributed by atoms with van der Waals surface area (Å²) in [6.07, 6.45) is 2.33. The number of aldehydes is 1. The molecule has 8 heavy (non-hydrogen) atoms. The minimum atomic E-state index is 0.208. The quantitative estimate of drug-likeness (QED) is 0.474. The summed E-state index contributed by atoms with van der Waals surface area (Å²) in [5, 5.41) is 3.14. The van der Waals surface area contributed by atoms with Gasteiger partial charge in [-0.2, -0.15) is 0 Å². The van der Waals surface area contributed by atoms with Gasteiger partial charge in [-0.3, -0.25) is 0 Å². The predicted molar refractivity (Wildman–Crippen MR) is 29.5 cm³/mol. The standard InChI is InChI=1S/C6H9NO/c8-3-6-5-1-4(5)2-7-6/h3-7H,1-2H2/t4-,5-,6-/m1/s1. The molecule has 0 unspecified atom stereocenters. The van der Waals surface area contributed by atoms with E-state index in [1.165, 1.54) is 6.42 Å². The fourth-order valence-electron chi connectivity index (χ4n) is 1.53. The Labute approximate surface area is 48.3 Å². The van der Waals surface area contributed by atoms with Gasteiger partial charge in [-0.05, 0) is 24.8 Å². The molecular weight excluding hydrogens is 102 g/mol. The maximum Gasteiger partial charge on any atom is 0.137 e. The van der Waals surface area contributed by atoms with Gasteiger partial charge in [-0.25, -0.2) is 0 Å². The molecule has 1 N–H and O–H groups in total. The average Bonchev–Trinajstić information content (AvgIpc) is 2.46. The van der Waals surface area contributed by atoms with Gasteiger partial charge in [0.2, 0.25) is 0 Å². The van der Waals surface area contributed by atoms with Crippen LogP contribution in [-0.2, 0) is 4.79 Å². The zero-order chi connectivity index (χ0) is 5.56. The smallest absolute Gasteiger partial charge is 0.137 e. The Balaban J connectivity index is 2.06. The first-order chi connectivity index (χ1) is 3.92. The minimum absolute atomic E-state index is 0.208. The van der Waals surface area contributed by atoms with E-state index in [0.717, 1.165) is 18.7 Å². The van der Waals surface area contributed by atoms with Crippen molar-refractivity contribution in [3.63, 3.8) is 0 Å². The second-order valence-electron chi connectivity index (χ2n) is 2.73. The molecule has 2 fully saturated rings. The molecule has 0 aromatic rings. The number of piperidine rings is 1. The number of fused-ring (bicyclic) bond motifs is 1. The molecule has 2 rings (SSSR count). The van der Waals surface area contributed by atoms with E-state index in [-0.39, 0.29) is 6.04 Å². The van der Waals surface area contributed by atoms with Gasteiger partial charge >= 0.3 is 0 Å². The van der Waals surface area contributed by atoms with E-state index in [1.807, 2.05) is 0 Å². The van der Waals surface area contributed by atoms with Gasteiger partial charge in [0, 0.05) is 0 Å². The number of hydrogen-bond acceptors (Lipinski definition) is 2. The Kier molecular flexibility index (Phi) is 0.742. The van der Waals surface area contributed by atoms with Gasteiger partial charge in [0.25, 0.3) is 0 Å². The van der Waals surface area contributed by atoms with Crippen LogP contribution in [0.4, 0.5) is 0 Å². The van der Waals surface area contributed by atoms with Crippen molar-refractivity contribution in [3.05, 3.63) is 0 Å². The van der Waals surface area contributed by atoms with Crippen LogP contribution in [0.2, 0.25) is 0 Å². The molecule has 0 bridgehead atoms. The van der Waals surface area contributed by atoms with Crippen LogP contribution in [0.5, 0.6) is 0 Å². The van der Waals surface area contributed by atoms with Gasteiger partial charge < -0.3 is 10.1 Å². The van der Waals surface area contributed by atoms with Crippen LogP contribution < -0.4 is 5.32 Å². The van der Waals surface area contributed by atoms with Gasteiger partial charge in [-0.15, -0.1) is 0 Å². The Hall–Kier alpha value is -0.370. The normalized spacial score (nSPS) is 50.8. The second kappa shape index (κ2) is 1.32. The molecule has 2 heteroatoms. The molecule has 1 saturated heterocycles. The molecule has 44 valence electrons. The lowest BCUT2D eigenvalue weighted by molar-refractivity contribution is -0.109. The van der Waals surface area contributed by atoms with Crippen molar-refractivity contribution >= 4 is 6.29 Å². The fourth-order valence-corrected chi connectivity index (χ4v) is 1.53. The summed E-state index contributed by atoms with van der Waals surface area (Å²) in [4.78, 5) is 10.2. The van der Waals surface area contributed by atoms with Crippen molar-refractivity contribution < 1.29 is 4.79 Å². The van der Waals surface area contributed by atoms with Crippen molar-refractivity contribution in [2.24, 2.45) is 11.8 Å². The SMILES string of the molecule is O=C[C@H]1NC[C@H]2C[C@H]21. The zero-order valence-electron chi connectivity index (χ0n) is 4.63. The fraction of sp³-hybridized carbons (Fsp3) is 0.833. The molecule has 2 nitrogen and oxygen atoms in total. The topological polar surface area (TPSA) is 29.1 Å². The second-order valence-corrected chi connectivity index (χ2v) is 2.73. The van der Waals surface area contributed by atoms with Crippen LogP contribution in [0, 0.1) is 11.8 Å². The molecule has 2 aliphatic rings. The molecular formula is C6H9NO. The highest BCUT2D eigenvalue weighted by atomic mass is 16.1. The van der Waals surface area contributed by atoms with Crippen molar-refractivity contribution in [1.82, 2.24) is 5.32 Å². The van der Waals surface area contributed by atoms with E-state index in [1.54, 1.807) is 0 Å². The van der Waals surface area contributed by atoms with Crippen molar-refractivity contribution in [2.45, 2.75) is 12.5 Å². The summed E-state index contributed by atoms with van der Waals surface area (Å²) in [7, 11) is 0. The lowest BCUT2D eigenvalue weighted by atomic mass is 10.2. The van der Waals surface area contributed by atoms with E-state index >= 15 is 0 Å². The van der Waals surface area contributed by atoms with Gasteiger partial charge in [0.05, 0.1) is 6.04 Å². The van der Waals surface area contributed by atoms with Crippen LogP contribution in [-0.4, -0.2) is 18.9 Å². The van der Waals surface area contributed by atoms with Crippen LogP contribution in [0.1, 0.15) is 6.42 Å². The molecule has 0 spiro atoms. The van der Waals surface area contributed by atoms with Crippen LogP contribution in [0.3, 0.4) is 0 Å². The molecule has 1 aliphatic carbocycles. The molecule has 1 saturated carbocycles. The van der Waals surface area contributed by atoms with Crippen molar-refractivity contribution in [1.29, 1.82) is 0 Å². The summed E-state index contributed by atoms with van der Waals surface area (Å²) < 4.78 is 0. The van der Waals surface area contributed by atoms with Crippen molar-refractivity contribution in [3.8, 4) is 0 Å². The summed E-state index contributed by atoms with van der Waals surface area (Å²) in [5.41, 5.74) is 0. The number of nitrogens with one attached hydrogen (secondary N) is 1. The Morgan fingerprint density at radius 2 is 2.50 bits per heavy atom. The van der Waals surface area contributed by atoms with E-state index in [9.17, 15) is 4.79 Å². The first kappa shape index (κ1) is 4.50. The molecule has 0 amide bonds. The lowest BCUT2D eigenvalue weighted by Crippen LogP contribution is -2.27. The van der Waals surface area contributed by atoms with E-state index < -0.39 is 0 Å². The highest BCUT2D eigenvalue weighted by molar-refractivity contribution is 5.60. The van der Waals surface area contributed by atoms with Crippen LogP contribution >= 0.6 is 0 Å². The summed E-state index contributed by atoms with van der Waals surface area (Å²) in [6, 6.07) is 0.208. The monoisotopic (exact) mass is 111 g/mol. The molecule has 1 heterocycles. The van der Waals surface area contributed by atoms with Gasteiger partial charge in [0.15, 0.2) is 0 Å². The molecule has 0 radical (unpaired) electrons. The Bertz CT molecular complexity index is 124. The van der Waals surface area contributed by atoms with Crippen LogP contribution in [0.15, 0.2) is 0 Å². The first-order valence-corrected chi connectivity index (χ1v) is 3.10. The highest BCUT2D eigenvalue weighted by Gasteiger charge is 2.47. The predicted octanol–water partition coefficient (Wildman–Crippen LogP) is -0.207. The molecule has 1 aliphatic heterocycles. The summed E-state index contributed by atoms with van der Waals surface area (Å²) in [6.45, 7) is 1.08. The largest absolute Gasteiger partial charge is 0.307 e. The third-order valence-electron chi connectivity index (χ3n) is 2.20. The first-order valence-electron chi connectivity index (χ1n) is 3.10. The summed E-state index contributed by atoms with van der Waals surface area (Å²) >= 11 is 0. The van der Waals surface area contributed by atoms with Gasteiger partial charge in [0.1, 0.15) is 6.29 Å². The Morgan fingerprint density at radius 3 is 2.75 bits per heavy atom. The number of carbonyl (C=O) groups is 1. The maximum absolute atomic E-state index is 10.2. The van der Waals surface area contributed by atoms with Crippen LogP contribution in [0.25, 0.3) is 0 Å². The average molecular weight is 111 g/mol. The van der Waals surface area contributed by atoms with E-state index in [2.05, 4.69) is 5.32 Å². The minimum Gasteiger partial charge on any atom is -0.307 e. The van der Waals surface area contributed by atoms with Gasteiger partial charge in [-0.1, -0.05) is 0 Å². The molecule has 3 atom stereocenters. The molecule has 0 aromatic heterocycles. The van der Waals surface area contributed by atoms with E-state index in [4.69, 9.17) is 0 Å². The molecule has 0 aromatic carbocycles. The van der Waals surface area contributed by atoms with Crippen molar-refractivity contribution in [2.75, 3.05) is 6.54 Å². The summed E-state index contributed by atoms with van der Waals surface area (Å²) in [5.74, 6) is 1.57. The number of carbonyl (C=O) groups excluding carboxylic acids is 1. The third kappa shape index (κ3) is 0.436. The zero-order valence-corrected chi connectivity index (χ0v) is 4.63. The maximum atomic E-state index is 10.2. The highest BCUT2D eigenvalue weighted by Crippen LogP contribution is 2.44. The van der Waals surface area contributed by atoms with E-state index in [0.29, 0.717) is 5.92 Å². The Morgan fingerprint density at radius 1 is 1.62 bits per heavy atom. The third-order valence-corrected chi connectivity index (χ3v) is 2.20. The lowest BCUT2D eigenvalue weighted by Gasteiger charge is -2.00. The number of rotatable bonds is 1.